The van der Waals surface area contributed by atoms with Gasteiger partial charge in [0.2, 0.25) is 0 Å². The van der Waals surface area contributed by atoms with Crippen LogP contribution in [0.25, 0.3) is 11.3 Å². The van der Waals surface area contributed by atoms with Crippen molar-refractivity contribution in [3.8, 4) is 11.3 Å². The summed E-state index contributed by atoms with van der Waals surface area (Å²) in [5.41, 5.74) is 1.21. The second-order valence-corrected chi connectivity index (χ2v) is 6.08. The zero-order valence-corrected chi connectivity index (χ0v) is 13.3. The molecule has 0 saturated heterocycles. The highest BCUT2D eigenvalue weighted by atomic mass is 16.3. The quantitative estimate of drug-likeness (QED) is 0.808. The summed E-state index contributed by atoms with van der Waals surface area (Å²) in [6.07, 6.45) is 1.59. The predicted molar refractivity (Wildman–Crippen MR) is 83.7 cm³/mol. The molecule has 0 aliphatic rings. The number of aromatic nitrogens is 2. The van der Waals surface area contributed by atoms with Gasteiger partial charge in [-0.15, -0.1) is 0 Å². The van der Waals surface area contributed by atoms with Crippen LogP contribution >= 0.6 is 0 Å². The lowest BCUT2D eigenvalue weighted by atomic mass is 10.1. The molecule has 2 amide bonds. The maximum atomic E-state index is 12.0. The summed E-state index contributed by atoms with van der Waals surface area (Å²) >= 11 is 0. The van der Waals surface area contributed by atoms with Crippen LogP contribution in [-0.2, 0) is 6.54 Å². The highest BCUT2D eigenvalue weighted by Gasteiger charge is 2.17. The maximum absolute atomic E-state index is 12.0. The van der Waals surface area contributed by atoms with E-state index < -0.39 is 0 Å². The molecule has 120 valence electrons. The van der Waals surface area contributed by atoms with Crippen molar-refractivity contribution in [2.45, 2.75) is 39.8 Å². The normalized spacial score (nSPS) is 11.5. The van der Waals surface area contributed by atoms with Gasteiger partial charge in [-0.25, -0.2) is 9.48 Å². The van der Waals surface area contributed by atoms with E-state index in [0.717, 1.165) is 11.3 Å². The molecular weight excluding hydrogens is 284 g/mol. The van der Waals surface area contributed by atoms with E-state index in [-0.39, 0.29) is 18.2 Å². The van der Waals surface area contributed by atoms with E-state index in [4.69, 9.17) is 9.52 Å². The van der Waals surface area contributed by atoms with Gasteiger partial charge >= 0.3 is 6.03 Å². The average molecular weight is 306 g/mol. The molecule has 7 nitrogen and oxygen atoms in total. The first-order valence-corrected chi connectivity index (χ1v) is 7.12. The average Bonchev–Trinajstić information content (AvgIpc) is 2.94. The fraction of sp³-hybridized carbons (Fsp3) is 0.467. The molecule has 0 saturated carbocycles. The molecular formula is C15H22N4O3. The number of anilines is 1. The van der Waals surface area contributed by atoms with Gasteiger partial charge in [0.25, 0.3) is 0 Å². The van der Waals surface area contributed by atoms with E-state index in [1.54, 1.807) is 17.0 Å². The van der Waals surface area contributed by atoms with Gasteiger partial charge in [-0.1, -0.05) is 0 Å². The SMILES string of the molecule is Cc1occc1-c1cc(NC(=O)NC(C)(C)C)n(CCO)n1. The number of carbonyl (C=O) groups excluding carboxylic acids is 1. The zero-order valence-electron chi connectivity index (χ0n) is 13.3. The minimum absolute atomic E-state index is 0.0684. The van der Waals surface area contributed by atoms with E-state index in [2.05, 4.69) is 15.7 Å². The van der Waals surface area contributed by atoms with Gasteiger partial charge < -0.3 is 14.8 Å². The van der Waals surface area contributed by atoms with Crippen LogP contribution in [0.2, 0.25) is 0 Å². The van der Waals surface area contributed by atoms with Crippen molar-refractivity contribution in [2.75, 3.05) is 11.9 Å². The van der Waals surface area contributed by atoms with Gasteiger partial charge in [0, 0.05) is 17.2 Å². The van der Waals surface area contributed by atoms with E-state index >= 15 is 0 Å². The number of carbonyl (C=O) groups is 1. The Morgan fingerprint density at radius 1 is 1.45 bits per heavy atom. The van der Waals surface area contributed by atoms with Gasteiger partial charge in [-0.2, -0.15) is 5.10 Å². The van der Waals surface area contributed by atoms with Gasteiger partial charge in [-0.05, 0) is 33.8 Å². The van der Waals surface area contributed by atoms with Crippen LogP contribution in [0.4, 0.5) is 10.6 Å². The summed E-state index contributed by atoms with van der Waals surface area (Å²) in [4.78, 5) is 12.0. The van der Waals surface area contributed by atoms with Crippen molar-refractivity contribution in [1.82, 2.24) is 15.1 Å². The number of hydrogen-bond acceptors (Lipinski definition) is 4. The highest BCUT2D eigenvalue weighted by Crippen LogP contribution is 2.25. The molecule has 0 atom stereocenters. The lowest BCUT2D eigenvalue weighted by Crippen LogP contribution is -2.43. The summed E-state index contributed by atoms with van der Waals surface area (Å²) in [5, 5.41) is 19.1. The molecule has 2 heterocycles. The molecule has 0 aromatic carbocycles. The Hall–Kier alpha value is -2.28. The third-order valence-electron chi connectivity index (χ3n) is 2.96. The third-order valence-corrected chi connectivity index (χ3v) is 2.96. The number of nitrogens with zero attached hydrogens (tertiary/aromatic N) is 2. The van der Waals surface area contributed by atoms with Gasteiger partial charge in [0.1, 0.15) is 11.6 Å². The Bertz CT molecular complexity index is 652. The molecule has 0 bridgehead atoms. The second-order valence-electron chi connectivity index (χ2n) is 6.08. The molecule has 2 aromatic rings. The molecule has 0 radical (unpaired) electrons. The zero-order chi connectivity index (χ0) is 16.3. The number of furan rings is 1. The number of rotatable bonds is 4. The molecule has 0 spiro atoms. The molecule has 7 heteroatoms. The van der Waals surface area contributed by atoms with Gasteiger partial charge in [0.15, 0.2) is 0 Å². The Morgan fingerprint density at radius 3 is 2.73 bits per heavy atom. The summed E-state index contributed by atoms with van der Waals surface area (Å²) in [6, 6.07) is 3.26. The molecule has 0 aliphatic heterocycles. The molecule has 22 heavy (non-hydrogen) atoms. The monoisotopic (exact) mass is 306 g/mol. The van der Waals surface area contributed by atoms with E-state index in [0.29, 0.717) is 18.1 Å². The number of urea groups is 1. The van der Waals surface area contributed by atoms with Crippen LogP contribution in [-0.4, -0.2) is 33.1 Å². The van der Waals surface area contributed by atoms with E-state index in [9.17, 15) is 4.79 Å². The minimum Gasteiger partial charge on any atom is -0.469 e. The van der Waals surface area contributed by atoms with Crippen LogP contribution < -0.4 is 10.6 Å². The Balaban J connectivity index is 2.25. The fourth-order valence-corrected chi connectivity index (χ4v) is 2.05. The van der Waals surface area contributed by atoms with Crippen molar-refractivity contribution in [3.05, 3.63) is 24.2 Å². The van der Waals surface area contributed by atoms with Crippen LogP contribution in [0, 0.1) is 6.92 Å². The third kappa shape index (κ3) is 3.88. The Kier molecular flexibility index (Phi) is 4.56. The molecule has 2 aromatic heterocycles. The standard InChI is InChI=1S/C15H22N4O3/c1-10-11(5-8-22-10)12-9-13(19(18-12)6-7-20)16-14(21)17-15(2,3)4/h5,8-9,20H,6-7H2,1-4H3,(H2,16,17,21). The van der Waals surface area contributed by atoms with Gasteiger partial charge in [0.05, 0.1) is 25.1 Å². The molecule has 3 N–H and O–H groups in total. The van der Waals surface area contributed by atoms with Crippen molar-refractivity contribution >= 4 is 11.8 Å². The lowest BCUT2D eigenvalue weighted by molar-refractivity contribution is 0.243. The van der Waals surface area contributed by atoms with Crippen molar-refractivity contribution in [3.63, 3.8) is 0 Å². The molecule has 2 rings (SSSR count). The number of aliphatic hydroxyl groups is 1. The smallest absolute Gasteiger partial charge is 0.320 e. The second kappa shape index (κ2) is 6.23. The number of hydrogen-bond donors (Lipinski definition) is 3. The summed E-state index contributed by atoms with van der Waals surface area (Å²) in [5.74, 6) is 1.27. The predicted octanol–water partition coefficient (Wildman–Crippen LogP) is 2.36. The summed E-state index contributed by atoms with van der Waals surface area (Å²) in [7, 11) is 0. The number of nitrogens with one attached hydrogen (secondary N) is 2. The Morgan fingerprint density at radius 2 is 2.18 bits per heavy atom. The fourth-order valence-electron chi connectivity index (χ4n) is 2.05. The van der Waals surface area contributed by atoms with Crippen molar-refractivity contribution < 1.29 is 14.3 Å². The first-order chi connectivity index (χ1) is 10.3. The van der Waals surface area contributed by atoms with Crippen LogP contribution in [0.3, 0.4) is 0 Å². The van der Waals surface area contributed by atoms with Crippen LogP contribution in [0.1, 0.15) is 26.5 Å². The highest BCUT2D eigenvalue weighted by molar-refractivity contribution is 5.89. The maximum Gasteiger partial charge on any atom is 0.320 e. The van der Waals surface area contributed by atoms with Crippen LogP contribution in [0.15, 0.2) is 22.8 Å². The number of amides is 2. The molecule has 0 aliphatic carbocycles. The topological polar surface area (TPSA) is 92.3 Å². The molecule has 0 fully saturated rings. The van der Waals surface area contributed by atoms with Crippen molar-refractivity contribution in [2.24, 2.45) is 0 Å². The minimum atomic E-state index is -0.337. The Labute approximate surface area is 129 Å². The van der Waals surface area contributed by atoms with E-state index in [1.165, 1.54) is 0 Å². The summed E-state index contributed by atoms with van der Waals surface area (Å²) < 4.78 is 6.84. The number of aryl methyl sites for hydroxylation is 1. The van der Waals surface area contributed by atoms with Crippen molar-refractivity contribution in [1.29, 1.82) is 0 Å². The first-order valence-electron chi connectivity index (χ1n) is 7.12. The molecule has 0 unspecified atom stereocenters. The lowest BCUT2D eigenvalue weighted by Gasteiger charge is -2.20. The van der Waals surface area contributed by atoms with Crippen LogP contribution in [0.5, 0.6) is 0 Å². The first kappa shape index (κ1) is 16.1. The van der Waals surface area contributed by atoms with E-state index in [1.807, 2.05) is 33.8 Å². The van der Waals surface area contributed by atoms with Gasteiger partial charge in [-0.3, -0.25) is 5.32 Å². The summed E-state index contributed by atoms with van der Waals surface area (Å²) in [6.45, 7) is 7.77. The largest absolute Gasteiger partial charge is 0.469 e. The number of aliphatic hydroxyl groups excluding tert-OH is 1.